The normalized spacial score (nSPS) is 10.6. The fraction of sp³-hybridized carbons (Fsp3) is 0.0870. The zero-order chi connectivity index (χ0) is 21.6. The number of nitrogens with one attached hydrogen (secondary N) is 2. The highest BCUT2D eigenvalue weighted by molar-refractivity contribution is 5.74. The average Bonchev–Trinajstić information content (AvgIpc) is 2.80. The molecule has 0 spiro atoms. The van der Waals surface area contributed by atoms with Crippen LogP contribution in [0.25, 0.3) is 0 Å². The third-order valence-electron chi connectivity index (χ3n) is 4.80. The molecule has 2 N–H and O–H groups in total. The van der Waals surface area contributed by atoms with Crippen LogP contribution in [-0.2, 0) is 0 Å². The molecule has 4 aromatic rings. The van der Waals surface area contributed by atoms with Crippen molar-refractivity contribution >= 4 is 23.1 Å². The molecule has 0 bridgehead atoms. The molecule has 154 valence electrons. The Labute approximate surface area is 179 Å². The lowest BCUT2D eigenvalue weighted by Crippen LogP contribution is -2.15. The molecule has 0 saturated carbocycles. The molecule has 8 nitrogen and oxygen atoms in total. The maximum atomic E-state index is 12.0. The summed E-state index contributed by atoms with van der Waals surface area (Å²) in [4.78, 5) is 24.0. The van der Waals surface area contributed by atoms with Crippen molar-refractivity contribution in [3.05, 3.63) is 112 Å². The molecule has 4 rings (SSSR count). The van der Waals surface area contributed by atoms with Gasteiger partial charge in [-0.25, -0.2) is 15.0 Å². The standard InChI is InChI=1S/C23H20N6O2/c1-16-9-8-14-24-21(16)28-23-20(29(30)31)22(25-15-26-23)27-19(17-10-4-2-5-11-17)18-12-6-3-7-13-18/h2-15,19H,1H3,(H2,24,25,26,27,28). The molecular weight excluding hydrogens is 392 g/mol. The molecular formula is C23H20N6O2. The van der Waals surface area contributed by atoms with E-state index in [2.05, 4.69) is 25.6 Å². The van der Waals surface area contributed by atoms with E-state index in [1.54, 1.807) is 12.3 Å². The Morgan fingerprint density at radius 1 is 0.806 bits per heavy atom. The summed E-state index contributed by atoms with van der Waals surface area (Å²) in [6.07, 6.45) is 2.91. The predicted molar refractivity (Wildman–Crippen MR) is 119 cm³/mol. The highest BCUT2D eigenvalue weighted by Crippen LogP contribution is 2.35. The summed E-state index contributed by atoms with van der Waals surface area (Å²) in [6.45, 7) is 1.86. The molecule has 0 aliphatic heterocycles. The molecule has 0 unspecified atom stereocenters. The number of rotatable bonds is 7. The van der Waals surface area contributed by atoms with Gasteiger partial charge in [0.05, 0.1) is 11.0 Å². The fourth-order valence-corrected chi connectivity index (χ4v) is 3.26. The molecule has 2 aromatic heterocycles. The Balaban J connectivity index is 1.76. The molecule has 8 heteroatoms. The summed E-state index contributed by atoms with van der Waals surface area (Å²) < 4.78 is 0. The van der Waals surface area contributed by atoms with Gasteiger partial charge in [-0.1, -0.05) is 66.7 Å². The second-order valence-corrected chi connectivity index (χ2v) is 6.87. The van der Waals surface area contributed by atoms with E-state index in [9.17, 15) is 10.1 Å². The molecule has 2 aromatic carbocycles. The van der Waals surface area contributed by atoms with Crippen LogP contribution in [0.4, 0.5) is 23.1 Å². The Kier molecular flexibility index (Phi) is 5.79. The van der Waals surface area contributed by atoms with E-state index in [1.807, 2.05) is 73.7 Å². The van der Waals surface area contributed by atoms with Gasteiger partial charge >= 0.3 is 5.69 Å². The van der Waals surface area contributed by atoms with Crippen molar-refractivity contribution in [2.75, 3.05) is 10.6 Å². The first-order valence-electron chi connectivity index (χ1n) is 9.68. The summed E-state index contributed by atoms with van der Waals surface area (Å²) in [7, 11) is 0. The van der Waals surface area contributed by atoms with E-state index in [1.165, 1.54) is 6.33 Å². The van der Waals surface area contributed by atoms with Gasteiger partial charge in [-0.2, -0.15) is 0 Å². The predicted octanol–water partition coefficient (Wildman–Crippen LogP) is 5.03. The lowest BCUT2D eigenvalue weighted by atomic mass is 9.99. The fourth-order valence-electron chi connectivity index (χ4n) is 3.26. The van der Waals surface area contributed by atoms with Gasteiger partial charge in [0, 0.05) is 6.20 Å². The number of nitro groups is 1. The van der Waals surface area contributed by atoms with Crippen molar-refractivity contribution in [1.29, 1.82) is 0 Å². The molecule has 0 amide bonds. The van der Waals surface area contributed by atoms with Crippen LogP contribution in [0.1, 0.15) is 22.7 Å². The van der Waals surface area contributed by atoms with Crippen molar-refractivity contribution in [2.45, 2.75) is 13.0 Å². The zero-order valence-electron chi connectivity index (χ0n) is 16.8. The summed E-state index contributed by atoms with van der Waals surface area (Å²) >= 11 is 0. The minimum Gasteiger partial charge on any atom is -0.353 e. The number of aromatic nitrogens is 3. The third kappa shape index (κ3) is 4.48. The third-order valence-corrected chi connectivity index (χ3v) is 4.80. The molecule has 0 fully saturated rings. The average molecular weight is 412 g/mol. The number of hydrogen-bond acceptors (Lipinski definition) is 7. The minimum atomic E-state index is -0.490. The van der Waals surface area contributed by atoms with E-state index in [0.29, 0.717) is 5.82 Å². The lowest BCUT2D eigenvalue weighted by molar-refractivity contribution is -0.383. The Bertz CT molecular complexity index is 1150. The van der Waals surface area contributed by atoms with Gasteiger partial charge in [0.2, 0.25) is 11.6 Å². The molecule has 0 aliphatic carbocycles. The lowest BCUT2D eigenvalue weighted by Gasteiger charge is -2.20. The largest absolute Gasteiger partial charge is 0.353 e. The highest BCUT2D eigenvalue weighted by atomic mass is 16.6. The van der Waals surface area contributed by atoms with Crippen LogP contribution in [0.5, 0.6) is 0 Å². The number of pyridine rings is 1. The molecule has 0 atom stereocenters. The van der Waals surface area contributed by atoms with Gasteiger partial charge in [-0.05, 0) is 29.7 Å². The van der Waals surface area contributed by atoms with Crippen LogP contribution >= 0.6 is 0 Å². The molecule has 0 saturated heterocycles. The number of benzene rings is 2. The number of hydrogen-bond donors (Lipinski definition) is 2. The quantitative estimate of drug-likeness (QED) is 0.324. The van der Waals surface area contributed by atoms with Crippen LogP contribution in [-0.4, -0.2) is 19.9 Å². The van der Waals surface area contributed by atoms with Crippen LogP contribution in [0.15, 0.2) is 85.3 Å². The van der Waals surface area contributed by atoms with Gasteiger partial charge < -0.3 is 10.6 Å². The smallest absolute Gasteiger partial charge is 0.353 e. The maximum Gasteiger partial charge on any atom is 0.353 e. The van der Waals surface area contributed by atoms with E-state index in [0.717, 1.165) is 16.7 Å². The van der Waals surface area contributed by atoms with Gasteiger partial charge in [-0.3, -0.25) is 10.1 Å². The van der Waals surface area contributed by atoms with Crippen LogP contribution in [0.3, 0.4) is 0 Å². The van der Waals surface area contributed by atoms with Crippen molar-refractivity contribution < 1.29 is 4.92 Å². The van der Waals surface area contributed by atoms with Gasteiger partial charge in [-0.15, -0.1) is 0 Å². The van der Waals surface area contributed by atoms with E-state index < -0.39 is 4.92 Å². The zero-order valence-corrected chi connectivity index (χ0v) is 16.8. The summed E-state index contributed by atoms with van der Waals surface area (Å²) in [5.74, 6) is 0.691. The summed E-state index contributed by atoms with van der Waals surface area (Å²) in [5, 5.41) is 18.2. The Morgan fingerprint density at radius 3 is 2.00 bits per heavy atom. The van der Waals surface area contributed by atoms with Crippen LogP contribution in [0.2, 0.25) is 0 Å². The highest BCUT2D eigenvalue weighted by Gasteiger charge is 2.26. The van der Waals surface area contributed by atoms with Crippen molar-refractivity contribution in [3.8, 4) is 0 Å². The second kappa shape index (κ2) is 9.00. The first-order valence-corrected chi connectivity index (χ1v) is 9.68. The second-order valence-electron chi connectivity index (χ2n) is 6.87. The molecule has 0 radical (unpaired) electrons. The van der Waals surface area contributed by atoms with E-state index in [4.69, 9.17) is 0 Å². The van der Waals surface area contributed by atoms with E-state index in [-0.39, 0.29) is 23.4 Å². The van der Waals surface area contributed by atoms with Gasteiger partial charge in [0.25, 0.3) is 0 Å². The SMILES string of the molecule is Cc1cccnc1Nc1ncnc(NC(c2ccccc2)c2ccccc2)c1[N+](=O)[O-]. The van der Waals surface area contributed by atoms with Gasteiger partial charge in [0.15, 0.2) is 0 Å². The van der Waals surface area contributed by atoms with E-state index >= 15 is 0 Å². The van der Waals surface area contributed by atoms with Crippen molar-refractivity contribution in [3.63, 3.8) is 0 Å². The van der Waals surface area contributed by atoms with Crippen LogP contribution < -0.4 is 10.6 Å². The number of aryl methyl sites for hydroxylation is 1. The van der Waals surface area contributed by atoms with Crippen molar-refractivity contribution in [1.82, 2.24) is 15.0 Å². The van der Waals surface area contributed by atoms with Crippen LogP contribution in [0, 0.1) is 17.0 Å². The Morgan fingerprint density at radius 2 is 1.42 bits per heavy atom. The maximum absolute atomic E-state index is 12.0. The number of anilines is 3. The topological polar surface area (TPSA) is 106 Å². The van der Waals surface area contributed by atoms with Gasteiger partial charge in [0.1, 0.15) is 12.1 Å². The summed E-state index contributed by atoms with van der Waals surface area (Å²) in [6, 6.07) is 22.8. The number of nitrogens with zero attached hydrogens (tertiary/aromatic N) is 4. The minimum absolute atomic E-state index is 0.0733. The molecule has 0 aliphatic rings. The molecule has 2 heterocycles. The monoisotopic (exact) mass is 412 g/mol. The van der Waals surface area contributed by atoms with Crippen molar-refractivity contribution in [2.24, 2.45) is 0 Å². The summed E-state index contributed by atoms with van der Waals surface area (Å²) in [5.41, 5.74) is 2.51. The first-order chi connectivity index (χ1) is 15.1. The Hall–Kier alpha value is -4.33. The molecule has 31 heavy (non-hydrogen) atoms. The first kappa shape index (κ1) is 20.0.